The Morgan fingerprint density at radius 1 is 1.03 bits per heavy atom. The summed E-state index contributed by atoms with van der Waals surface area (Å²) in [6.07, 6.45) is 2.18. The molecule has 2 aliphatic rings. The number of hydrogen-bond donors (Lipinski definition) is 0. The van der Waals surface area contributed by atoms with Crippen LogP contribution < -0.4 is 0 Å². The summed E-state index contributed by atoms with van der Waals surface area (Å²) < 4.78 is 23.8. The molecule has 3 amide bonds. The molecule has 8 heteroatoms. The SMILES string of the molecule is CCCCN(C(=O)c1ccc(CN2C(=O)c3ccccc3C2=O)cc1)C1CCS(=O)(=O)C1. The van der Waals surface area contributed by atoms with E-state index in [9.17, 15) is 22.8 Å². The highest BCUT2D eigenvalue weighted by atomic mass is 32.2. The van der Waals surface area contributed by atoms with Gasteiger partial charge in [-0.05, 0) is 42.7 Å². The molecule has 0 spiro atoms. The Hall–Kier alpha value is -3.00. The molecule has 2 aliphatic heterocycles. The fourth-order valence-electron chi connectivity index (χ4n) is 4.28. The fourth-order valence-corrected chi connectivity index (χ4v) is 6.01. The summed E-state index contributed by atoms with van der Waals surface area (Å²) in [7, 11) is -3.10. The minimum Gasteiger partial charge on any atom is -0.335 e. The molecule has 2 heterocycles. The van der Waals surface area contributed by atoms with Gasteiger partial charge in [-0.25, -0.2) is 8.42 Å². The van der Waals surface area contributed by atoms with E-state index >= 15 is 0 Å². The van der Waals surface area contributed by atoms with Gasteiger partial charge in [0.2, 0.25) is 0 Å². The van der Waals surface area contributed by atoms with Crippen LogP contribution in [0.1, 0.15) is 62.8 Å². The first-order valence-electron chi connectivity index (χ1n) is 10.9. The molecule has 1 atom stereocenters. The number of hydrogen-bond acceptors (Lipinski definition) is 5. The number of sulfone groups is 1. The minimum absolute atomic E-state index is 0.0142. The molecule has 1 unspecified atom stereocenters. The minimum atomic E-state index is -3.10. The zero-order chi connectivity index (χ0) is 22.9. The van der Waals surface area contributed by atoms with Crippen LogP contribution in [0.15, 0.2) is 48.5 Å². The first-order valence-corrected chi connectivity index (χ1v) is 12.7. The maximum Gasteiger partial charge on any atom is 0.261 e. The van der Waals surface area contributed by atoms with Crippen molar-refractivity contribution >= 4 is 27.6 Å². The topological polar surface area (TPSA) is 91.8 Å². The van der Waals surface area contributed by atoms with E-state index in [1.807, 2.05) is 6.92 Å². The lowest BCUT2D eigenvalue weighted by Crippen LogP contribution is -2.41. The third kappa shape index (κ3) is 4.32. The highest BCUT2D eigenvalue weighted by molar-refractivity contribution is 7.91. The number of amides is 3. The molecule has 0 N–H and O–H groups in total. The molecule has 32 heavy (non-hydrogen) atoms. The summed E-state index contributed by atoms with van der Waals surface area (Å²) in [5, 5.41) is 0. The van der Waals surface area contributed by atoms with E-state index in [2.05, 4.69) is 0 Å². The standard InChI is InChI=1S/C24H26N2O5S/c1-2-3-13-25(19-12-14-32(30,31)16-19)22(27)18-10-8-17(9-11-18)15-26-23(28)20-6-4-5-7-21(20)24(26)29/h4-11,19H,2-3,12-16H2,1H3. The number of nitrogens with zero attached hydrogens (tertiary/aromatic N) is 2. The molecule has 7 nitrogen and oxygen atoms in total. The van der Waals surface area contributed by atoms with E-state index in [0.29, 0.717) is 29.7 Å². The van der Waals surface area contributed by atoms with Gasteiger partial charge in [0.1, 0.15) is 0 Å². The Morgan fingerprint density at radius 2 is 1.66 bits per heavy atom. The fraction of sp³-hybridized carbons (Fsp3) is 0.375. The molecule has 1 saturated heterocycles. The van der Waals surface area contributed by atoms with Crippen molar-refractivity contribution in [3.8, 4) is 0 Å². The second-order valence-corrected chi connectivity index (χ2v) is 10.6. The van der Waals surface area contributed by atoms with Crippen LogP contribution in [0.4, 0.5) is 0 Å². The first kappa shape index (κ1) is 22.2. The molecule has 4 rings (SSSR count). The van der Waals surface area contributed by atoms with Gasteiger partial charge in [0.15, 0.2) is 9.84 Å². The van der Waals surface area contributed by atoms with Gasteiger partial charge < -0.3 is 4.90 Å². The Bertz CT molecular complexity index is 1120. The quantitative estimate of drug-likeness (QED) is 0.600. The van der Waals surface area contributed by atoms with Crippen molar-refractivity contribution in [1.29, 1.82) is 0 Å². The summed E-state index contributed by atoms with van der Waals surface area (Å²) in [6, 6.07) is 13.3. The van der Waals surface area contributed by atoms with E-state index in [1.54, 1.807) is 53.4 Å². The third-order valence-corrected chi connectivity index (χ3v) is 7.83. The van der Waals surface area contributed by atoms with Crippen molar-refractivity contribution in [2.24, 2.45) is 0 Å². The van der Waals surface area contributed by atoms with Crippen molar-refractivity contribution < 1.29 is 22.8 Å². The molecule has 1 fully saturated rings. The molecule has 0 aromatic heterocycles. The van der Waals surface area contributed by atoms with Crippen LogP contribution in [0.25, 0.3) is 0 Å². The number of rotatable bonds is 7. The molecule has 168 valence electrons. The van der Waals surface area contributed by atoms with Crippen molar-refractivity contribution in [1.82, 2.24) is 9.80 Å². The van der Waals surface area contributed by atoms with E-state index in [4.69, 9.17) is 0 Å². The zero-order valence-electron chi connectivity index (χ0n) is 18.0. The maximum absolute atomic E-state index is 13.2. The van der Waals surface area contributed by atoms with Crippen molar-refractivity contribution in [3.63, 3.8) is 0 Å². The molecule has 2 aromatic rings. The molecule has 0 radical (unpaired) electrons. The lowest BCUT2D eigenvalue weighted by atomic mass is 10.1. The van der Waals surface area contributed by atoms with Crippen LogP contribution in [0.2, 0.25) is 0 Å². The third-order valence-electron chi connectivity index (χ3n) is 6.08. The average Bonchev–Trinajstić information content (AvgIpc) is 3.26. The van der Waals surface area contributed by atoms with Crippen molar-refractivity contribution in [3.05, 3.63) is 70.8 Å². The van der Waals surface area contributed by atoms with Crippen LogP contribution in [0.3, 0.4) is 0 Å². The Labute approximate surface area is 187 Å². The smallest absolute Gasteiger partial charge is 0.261 e. The highest BCUT2D eigenvalue weighted by Gasteiger charge is 2.36. The van der Waals surface area contributed by atoms with Gasteiger partial charge >= 0.3 is 0 Å². The second-order valence-electron chi connectivity index (χ2n) is 8.35. The van der Waals surface area contributed by atoms with Crippen molar-refractivity contribution in [2.45, 2.75) is 38.8 Å². The van der Waals surface area contributed by atoms with E-state index in [0.717, 1.165) is 18.4 Å². The van der Waals surface area contributed by atoms with Gasteiger partial charge in [-0.15, -0.1) is 0 Å². The number of imide groups is 1. The summed E-state index contributed by atoms with van der Waals surface area (Å²) in [5.41, 5.74) is 2.01. The summed E-state index contributed by atoms with van der Waals surface area (Å²) in [5.74, 6) is -0.696. The van der Waals surface area contributed by atoms with E-state index in [1.165, 1.54) is 4.90 Å². The Morgan fingerprint density at radius 3 is 2.19 bits per heavy atom. The Kier molecular flexibility index (Phi) is 6.15. The Balaban J connectivity index is 1.48. The lowest BCUT2D eigenvalue weighted by Gasteiger charge is -2.28. The molecule has 0 saturated carbocycles. The second kappa shape index (κ2) is 8.86. The van der Waals surface area contributed by atoms with Crippen LogP contribution in [-0.2, 0) is 16.4 Å². The molecule has 2 aromatic carbocycles. The lowest BCUT2D eigenvalue weighted by molar-refractivity contribution is 0.0639. The number of unbranched alkanes of at least 4 members (excludes halogenated alkanes) is 1. The first-order chi connectivity index (χ1) is 15.3. The van der Waals surface area contributed by atoms with Gasteiger partial charge in [-0.3, -0.25) is 19.3 Å². The number of fused-ring (bicyclic) bond motifs is 1. The largest absolute Gasteiger partial charge is 0.335 e. The molecule has 0 aliphatic carbocycles. The molecule has 0 bridgehead atoms. The van der Waals surface area contributed by atoms with Crippen LogP contribution >= 0.6 is 0 Å². The monoisotopic (exact) mass is 454 g/mol. The summed E-state index contributed by atoms with van der Waals surface area (Å²) >= 11 is 0. The zero-order valence-corrected chi connectivity index (χ0v) is 18.8. The average molecular weight is 455 g/mol. The van der Waals surface area contributed by atoms with Gasteiger partial charge in [-0.2, -0.15) is 0 Å². The van der Waals surface area contributed by atoms with Crippen LogP contribution in [-0.4, -0.2) is 60.0 Å². The van der Waals surface area contributed by atoms with Gasteiger partial charge in [0.25, 0.3) is 17.7 Å². The van der Waals surface area contributed by atoms with E-state index < -0.39 is 9.84 Å². The van der Waals surface area contributed by atoms with Gasteiger partial charge in [-0.1, -0.05) is 37.6 Å². The van der Waals surface area contributed by atoms with Crippen LogP contribution in [0, 0.1) is 0 Å². The molecular weight excluding hydrogens is 428 g/mol. The number of carbonyl (C=O) groups excluding carboxylic acids is 3. The predicted molar refractivity (Wildman–Crippen MR) is 120 cm³/mol. The molecular formula is C24H26N2O5S. The normalized spacial score (nSPS) is 19.3. The predicted octanol–water partition coefficient (Wildman–Crippen LogP) is 2.91. The van der Waals surface area contributed by atoms with Gasteiger partial charge in [0, 0.05) is 18.2 Å². The van der Waals surface area contributed by atoms with Gasteiger partial charge in [0.05, 0.1) is 29.2 Å². The summed E-state index contributed by atoms with van der Waals surface area (Å²) in [6.45, 7) is 2.68. The number of carbonyl (C=O) groups is 3. The van der Waals surface area contributed by atoms with Crippen LogP contribution in [0.5, 0.6) is 0 Å². The van der Waals surface area contributed by atoms with Crippen molar-refractivity contribution in [2.75, 3.05) is 18.1 Å². The highest BCUT2D eigenvalue weighted by Crippen LogP contribution is 2.25. The maximum atomic E-state index is 13.2. The van der Waals surface area contributed by atoms with E-state index in [-0.39, 0.29) is 41.8 Å². The number of benzene rings is 2. The summed E-state index contributed by atoms with van der Waals surface area (Å²) in [4.78, 5) is 41.2.